The Morgan fingerprint density at radius 3 is 2.59 bits per heavy atom. The van der Waals surface area contributed by atoms with Crippen molar-refractivity contribution in [1.82, 2.24) is 14.5 Å². The average Bonchev–Trinajstić information content (AvgIpc) is 3.15. The van der Waals surface area contributed by atoms with Crippen LogP contribution in [0.25, 0.3) is 0 Å². The zero-order valence-electron chi connectivity index (χ0n) is 17.0. The van der Waals surface area contributed by atoms with E-state index < -0.39 is 0 Å². The van der Waals surface area contributed by atoms with Crippen LogP contribution in [0.15, 0.2) is 34.1 Å². The summed E-state index contributed by atoms with van der Waals surface area (Å²) >= 11 is 1.31. The average molecular weight is 415 g/mol. The molecule has 0 fully saturated rings. The van der Waals surface area contributed by atoms with Crippen LogP contribution in [0.2, 0.25) is 0 Å². The van der Waals surface area contributed by atoms with E-state index in [4.69, 9.17) is 0 Å². The number of amides is 1. The summed E-state index contributed by atoms with van der Waals surface area (Å²) in [7, 11) is 3.96. The monoisotopic (exact) mass is 414 g/mol. The van der Waals surface area contributed by atoms with Crippen LogP contribution in [0, 0.1) is 0 Å². The molecule has 154 valence electrons. The van der Waals surface area contributed by atoms with Gasteiger partial charge in [-0.05, 0) is 64.5 Å². The van der Waals surface area contributed by atoms with Gasteiger partial charge in [0.15, 0.2) is 5.78 Å². The van der Waals surface area contributed by atoms with E-state index in [-0.39, 0.29) is 23.1 Å². The van der Waals surface area contributed by atoms with Gasteiger partial charge < -0.3 is 10.2 Å². The van der Waals surface area contributed by atoms with Gasteiger partial charge in [-0.25, -0.2) is 4.79 Å². The van der Waals surface area contributed by atoms with Crippen molar-refractivity contribution in [3.8, 4) is 0 Å². The standard InChI is InChI=1S/C21H26N4O3S/c1-14(26)15-7-9-16(10-8-15)22-19(27)13-29-20-17-5-4-6-18(17)25(21(28)23-20)12-11-24(2)3/h7-10H,4-6,11-13H2,1-3H3,(H,22,27). The molecule has 1 N–H and O–H groups in total. The van der Waals surface area contributed by atoms with Crippen molar-refractivity contribution in [2.45, 2.75) is 37.8 Å². The van der Waals surface area contributed by atoms with Crippen molar-refractivity contribution in [1.29, 1.82) is 0 Å². The van der Waals surface area contributed by atoms with Gasteiger partial charge in [0.25, 0.3) is 0 Å². The van der Waals surface area contributed by atoms with Gasteiger partial charge in [0.2, 0.25) is 5.91 Å². The molecule has 29 heavy (non-hydrogen) atoms. The van der Waals surface area contributed by atoms with Crippen LogP contribution in [0.4, 0.5) is 5.69 Å². The molecule has 1 aromatic carbocycles. The smallest absolute Gasteiger partial charge is 0.325 e. The van der Waals surface area contributed by atoms with Crippen molar-refractivity contribution >= 4 is 29.1 Å². The van der Waals surface area contributed by atoms with E-state index >= 15 is 0 Å². The Labute approximate surface area is 174 Å². The van der Waals surface area contributed by atoms with E-state index in [0.717, 1.165) is 37.1 Å². The summed E-state index contributed by atoms with van der Waals surface area (Å²) in [5, 5.41) is 3.49. The van der Waals surface area contributed by atoms with Crippen LogP contribution in [-0.2, 0) is 24.2 Å². The Morgan fingerprint density at radius 1 is 1.21 bits per heavy atom. The molecule has 3 rings (SSSR count). The van der Waals surface area contributed by atoms with Gasteiger partial charge in [0.1, 0.15) is 5.03 Å². The number of carbonyl (C=O) groups is 2. The summed E-state index contributed by atoms with van der Waals surface area (Å²) < 4.78 is 1.78. The first kappa shape index (κ1) is 21.3. The minimum absolute atomic E-state index is 0.0151. The third kappa shape index (κ3) is 5.33. The Kier molecular flexibility index (Phi) is 6.87. The maximum atomic E-state index is 12.5. The van der Waals surface area contributed by atoms with Crippen LogP contribution < -0.4 is 11.0 Å². The van der Waals surface area contributed by atoms with Gasteiger partial charge in [-0.2, -0.15) is 4.98 Å². The van der Waals surface area contributed by atoms with Gasteiger partial charge in [0.05, 0.1) is 5.75 Å². The first-order valence-electron chi connectivity index (χ1n) is 9.66. The fraction of sp³-hybridized carbons (Fsp3) is 0.429. The number of nitrogens with zero attached hydrogens (tertiary/aromatic N) is 3. The molecular formula is C21H26N4O3S. The second kappa shape index (κ2) is 9.37. The molecular weight excluding hydrogens is 388 g/mol. The molecule has 0 spiro atoms. The van der Waals surface area contributed by atoms with E-state index in [0.29, 0.717) is 22.8 Å². The molecule has 1 amide bonds. The fourth-order valence-electron chi connectivity index (χ4n) is 3.36. The Hall–Kier alpha value is -2.45. The lowest BCUT2D eigenvalue weighted by atomic mass is 10.1. The number of thioether (sulfide) groups is 1. The van der Waals surface area contributed by atoms with Crippen molar-refractivity contribution < 1.29 is 9.59 Å². The summed E-state index contributed by atoms with van der Waals surface area (Å²) in [4.78, 5) is 42.5. The minimum atomic E-state index is -0.241. The van der Waals surface area contributed by atoms with Crippen molar-refractivity contribution in [3.05, 3.63) is 51.6 Å². The molecule has 1 heterocycles. The number of fused-ring (bicyclic) bond motifs is 1. The van der Waals surface area contributed by atoms with Crippen LogP contribution in [0.1, 0.15) is 35.0 Å². The molecule has 0 atom stereocenters. The highest BCUT2D eigenvalue weighted by molar-refractivity contribution is 8.00. The number of Topliss-reactive ketones (excluding diaryl/α,β-unsaturated/α-hetero) is 1. The number of hydrogen-bond donors (Lipinski definition) is 1. The number of rotatable bonds is 8. The topological polar surface area (TPSA) is 84.3 Å². The lowest BCUT2D eigenvalue weighted by Crippen LogP contribution is -2.31. The molecule has 0 saturated carbocycles. The van der Waals surface area contributed by atoms with Gasteiger partial charge in [-0.1, -0.05) is 11.8 Å². The van der Waals surface area contributed by atoms with Gasteiger partial charge in [0, 0.05) is 35.6 Å². The zero-order chi connectivity index (χ0) is 21.0. The molecule has 8 heteroatoms. The SMILES string of the molecule is CC(=O)c1ccc(NC(=O)CSc2nc(=O)n(CCN(C)C)c3c2CCC3)cc1. The number of carbonyl (C=O) groups excluding carboxylic acids is 2. The molecule has 1 aliphatic carbocycles. The number of benzene rings is 1. The third-order valence-electron chi connectivity index (χ3n) is 4.89. The van der Waals surface area contributed by atoms with E-state index in [1.165, 1.54) is 18.7 Å². The molecule has 2 aromatic rings. The van der Waals surface area contributed by atoms with Crippen LogP contribution in [0.5, 0.6) is 0 Å². The summed E-state index contributed by atoms with van der Waals surface area (Å²) in [6.45, 7) is 2.91. The Bertz CT molecular complexity index is 967. The highest BCUT2D eigenvalue weighted by Crippen LogP contribution is 2.29. The summed E-state index contributed by atoms with van der Waals surface area (Å²) in [5.41, 5.74) is 3.17. The normalized spacial score (nSPS) is 12.8. The predicted octanol–water partition coefficient (Wildman–Crippen LogP) is 2.23. The summed E-state index contributed by atoms with van der Waals surface area (Å²) in [6.07, 6.45) is 2.77. The molecule has 1 aliphatic rings. The highest BCUT2D eigenvalue weighted by atomic mass is 32.2. The lowest BCUT2D eigenvalue weighted by Gasteiger charge is -2.16. The number of aromatic nitrogens is 2. The fourth-order valence-corrected chi connectivity index (χ4v) is 4.23. The largest absolute Gasteiger partial charge is 0.348 e. The van der Waals surface area contributed by atoms with Gasteiger partial charge in [-0.15, -0.1) is 0 Å². The molecule has 0 bridgehead atoms. The van der Waals surface area contributed by atoms with E-state index in [1.54, 1.807) is 28.8 Å². The second-order valence-corrected chi connectivity index (χ2v) is 8.37. The van der Waals surface area contributed by atoms with Crippen molar-refractivity contribution in [2.24, 2.45) is 0 Å². The Balaban J connectivity index is 1.66. The lowest BCUT2D eigenvalue weighted by molar-refractivity contribution is -0.113. The number of ketones is 1. The first-order valence-corrected chi connectivity index (χ1v) is 10.6. The van der Waals surface area contributed by atoms with Crippen LogP contribution >= 0.6 is 11.8 Å². The number of hydrogen-bond acceptors (Lipinski definition) is 6. The van der Waals surface area contributed by atoms with Crippen molar-refractivity contribution in [2.75, 3.05) is 31.7 Å². The summed E-state index contributed by atoms with van der Waals surface area (Å²) in [6, 6.07) is 6.79. The molecule has 1 aromatic heterocycles. The van der Waals surface area contributed by atoms with Gasteiger partial charge in [-0.3, -0.25) is 14.2 Å². The predicted molar refractivity (Wildman–Crippen MR) is 115 cm³/mol. The van der Waals surface area contributed by atoms with Crippen LogP contribution in [0.3, 0.4) is 0 Å². The molecule has 0 unspecified atom stereocenters. The molecule has 7 nitrogen and oxygen atoms in total. The van der Waals surface area contributed by atoms with Gasteiger partial charge >= 0.3 is 5.69 Å². The number of likely N-dealkylation sites (N-methyl/N-ethyl adjacent to an activating group) is 1. The minimum Gasteiger partial charge on any atom is -0.325 e. The first-order chi connectivity index (χ1) is 13.8. The molecule has 0 saturated heterocycles. The van der Waals surface area contributed by atoms with E-state index in [2.05, 4.69) is 10.3 Å². The second-order valence-electron chi connectivity index (χ2n) is 7.40. The molecule has 0 radical (unpaired) electrons. The molecule has 0 aliphatic heterocycles. The number of anilines is 1. The number of nitrogens with one attached hydrogen (secondary N) is 1. The Morgan fingerprint density at radius 2 is 1.93 bits per heavy atom. The van der Waals surface area contributed by atoms with Crippen LogP contribution in [-0.4, -0.2) is 52.5 Å². The maximum absolute atomic E-state index is 12.5. The quantitative estimate of drug-likeness (QED) is 0.405. The third-order valence-corrected chi connectivity index (χ3v) is 5.90. The highest BCUT2D eigenvalue weighted by Gasteiger charge is 2.22. The van der Waals surface area contributed by atoms with Crippen molar-refractivity contribution in [3.63, 3.8) is 0 Å². The van der Waals surface area contributed by atoms with E-state index in [1.807, 2.05) is 19.0 Å². The van der Waals surface area contributed by atoms with E-state index in [9.17, 15) is 14.4 Å². The zero-order valence-corrected chi connectivity index (χ0v) is 17.8. The summed E-state index contributed by atoms with van der Waals surface area (Å²) in [5.74, 6) is -0.00992. The maximum Gasteiger partial charge on any atom is 0.348 e.